The fraction of sp³-hybridized carbons (Fsp3) is 0.364. The van der Waals surface area contributed by atoms with Crippen LogP contribution in [0.15, 0.2) is 12.1 Å². The van der Waals surface area contributed by atoms with Gasteiger partial charge in [-0.1, -0.05) is 24.6 Å². The van der Waals surface area contributed by atoms with E-state index in [4.69, 9.17) is 21.1 Å². The molecule has 1 aliphatic heterocycles. The van der Waals surface area contributed by atoms with E-state index in [0.29, 0.717) is 22.9 Å². The average molecular weight is 227 g/mol. The van der Waals surface area contributed by atoms with Crippen LogP contribution in [0.4, 0.5) is 0 Å². The minimum Gasteiger partial charge on any atom is -0.454 e. The Bertz CT molecular complexity index is 390. The Labute approximate surface area is 92.9 Å². The zero-order chi connectivity index (χ0) is 10.8. The summed E-state index contributed by atoms with van der Waals surface area (Å²) >= 11 is 6.16. The van der Waals surface area contributed by atoms with Gasteiger partial charge in [0, 0.05) is 6.42 Å². The summed E-state index contributed by atoms with van der Waals surface area (Å²) in [7, 11) is 0. The SMILES string of the molecule is CC(CC=O)c1ccc2c(c1Cl)OCO2. The highest BCUT2D eigenvalue weighted by Crippen LogP contribution is 2.43. The number of hydrogen-bond acceptors (Lipinski definition) is 3. The Morgan fingerprint density at radius 1 is 1.53 bits per heavy atom. The summed E-state index contributed by atoms with van der Waals surface area (Å²) in [4.78, 5) is 10.4. The first-order valence-corrected chi connectivity index (χ1v) is 5.13. The molecule has 0 radical (unpaired) electrons. The molecule has 0 amide bonds. The molecular weight excluding hydrogens is 216 g/mol. The molecule has 1 heterocycles. The first-order valence-electron chi connectivity index (χ1n) is 4.75. The monoisotopic (exact) mass is 226 g/mol. The van der Waals surface area contributed by atoms with Crippen molar-refractivity contribution in [3.05, 3.63) is 22.7 Å². The fourth-order valence-corrected chi connectivity index (χ4v) is 2.00. The Kier molecular flexibility index (Phi) is 2.82. The Morgan fingerprint density at radius 2 is 2.33 bits per heavy atom. The van der Waals surface area contributed by atoms with Crippen molar-refractivity contribution < 1.29 is 14.3 Å². The molecule has 1 atom stereocenters. The van der Waals surface area contributed by atoms with Crippen LogP contribution in [0.3, 0.4) is 0 Å². The van der Waals surface area contributed by atoms with Gasteiger partial charge >= 0.3 is 0 Å². The van der Waals surface area contributed by atoms with Crippen molar-refractivity contribution in [2.45, 2.75) is 19.3 Å². The van der Waals surface area contributed by atoms with Crippen LogP contribution in [0.1, 0.15) is 24.8 Å². The second-order valence-electron chi connectivity index (χ2n) is 3.51. The molecule has 0 aromatic heterocycles. The highest BCUT2D eigenvalue weighted by molar-refractivity contribution is 6.33. The van der Waals surface area contributed by atoms with Gasteiger partial charge in [-0.15, -0.1) is 0 Å². The molecule has 0 aliphatic carbocycles. The molecule has 4 heteroatoms. The summed E-state index contributed by atoms with van der Waals surface area (Å²) in [6.45, 7) is 2.17. The molecule has 1 aliphatic rings. The van der Waals surface area contributed by atoms with Gasteiger partial charge in [-0.05, 0) is 17.5 Å². The standard InChI is InChI=1S/C11H11ClO3/c1-7(4-5-13)8-2-3-9-11(10(8)12)15-6-14-9/h2-3,5,7H,4,6H2,1H3. The molecule has 0 N–H and O–H groups in total. The molecule has 2 rings (SSSR count). The molecule has 0 bridgehead atoms. The molecule has 1 aromatic carbocycles. The quantitative estimate of drug-likeness (QED) is 0.744. The first kappa shape index (κ1) is 10.3. The predicted molar refractivity (Wildman–Crippen MR) is 56.7 cm³/mol. The topological polar surface area (TPSA) is 35.5 Å². The highest BCUT2D eigenvalue weighted by Gasteiger charge is 2.21. The van der Waals surface area contributed by atoms with Crippen molar-refractivity contribution in [2.24, 2.45) is 0 Å². The lowest BCUT2D eigenvalue weighted by Gasteiger charge is -2.11. The number of hydrogen-bond donors (Lipinski definition) is 0. The summed E-state index contributed by atoms with van der Waals surface area (Å²) in [5.41, 5.74) is 0.924. The van der Waals surface area contributed by atoms with Gasteiger partial charge in [-0.2, -0.15) is 0 Å². The van der Waals surface area contributed by atoms with Crippen LogP contribution in [0, 0.1) is 0 Å². The van der Waals surface area contributed by atoms with Crippen LogP contribution >= 0.6 is 11.6 Å². The zero-order valence-corrected chi connectivity index (χ0v) is 9.08. The maximum absolute atomic E-state index is 10.4. The lowest BCUT2D eigenvalue weighted by atomic mass is 9.98. The molecule has 3 nitrogen and oxygen atoms in total. The minimum atomic E-state index is 0.101. The van der Waals surface area contributed by atoms with E-state index in [1.807, 2.05) is 19.1 Å². The van der Waals surface area contributed by atoms with E-state index in [-0.39, 0.29) is 12.7 Å². The van der Waals surface area contributed by atoms with E-state index in [1.165, 1.54) is 0 Å². The van der Waals surface area contributed by atoms with Crippen LogP contribution < -0.4 is 9.47 Å². The number of aldehydes is 1. The number of fused-ring (bicyclic) bond motifs is 1. The lowest BCUT2D eigenvalue weighted by Crippen LogP contribution is -1.96. The van der Waals surface area contributed by atoms with E-state index in [1.54, 1.807) is 0 Å². The smallest absolute Gasteiger partial charge is 0.231 e. The van der Waals surface area contributed by atoms with E-state index < -0.39 is 0 Å². The van der Waals surface area contributed by atoms with E-state index in [0.717, 1.165) is 11.8 Å². The normalized spacial score (nSPS) is 15.1. The van der Waals surface area contributed by atoms with Gasteiger partial charge in [-0.25, -0.2) is 0 Å². The van der Waals surface area contributed by atoms with Crippen molar-refractivity contribution in [1.82, 2.24) is 0 Å². The van der Waals surface area contributed by atoms with Gasteiger partial charge in [0.25, 0.3) is 0 Å². The second kappa shape index (κ2) is 4.11. The number of carbonyl (C=O) groups is 1. The number of carbonyl (C=O) groups excluding carboxylic acids is 1. The number of benzene rings is 1. The van der Waals surface area contributed by atoms with Gasteiger partial charge in [-0.3, -0.25) is 0 Å². The maximum Gasteiger partial charge on any atom is 0.231 e. The van der Waals surface area contributed by atoms with E-state index >= 15 is 0 Å². The molecular formula is C11H11ClO3. The molecule has 1 aromatic rings. The summed E-state index contributed by atoms with van der Waals surface area (Å²) in [6, 6.07) is 3.70. The van der Waals surface area contributed by atoms with Gasteiger partial charge < -0.3 is 14.3 Å². The summed E-state index contributed by atoms with van der Waals surface area (Å²) in [5, 5.41) is 0.555. The van der Waals surface area contributed by atoms with Crippen molar-refractivity contribution >= 4 is 17.9 Å². The number of ether oxygens (including phenoxy) is 2. The van der Waals surface area contributed by atoms with Crippen LogP contribution in [-0.2, 0) is 4.79 Å². The largest absolute Gasteiger partial charge is 0.454 e. The number of rotatable bonds is 3. The van der Waals surface area contributed by atoms with Crippen molar-refractivity contribution in [3.63, 3.8) is 0 Å². The van der Waals surface area contributed by atoms with Crippen LogP contribution in [-0.4, -0.2) is 13.1 Å². The predicted octanol–water partition coefficient (Wildman–Crippen LogP) is 2.76. The summed E-state index contributed by atoms with van der Waals surface area (Å²) in [6.07, 6.45) is 1.35. The third kappa shape index (κ3) is 1.79. The maximum atomic E-state index is 10.4. The van der Waals surface area contributed by atoms with Crippen LogP contribution in [0.5, 0.6) is 11.5 Å². The highest BCUT2D eigenvalue weighted by atomic mass is 35.5. The summed E-state index contributed by atoms with van der Waals surface area (Å²) < 4.78 is 10.5. The molecule has 0 spiro atoms. The Balaban J connectivity index is 2.37. The molecule has 0 saturated carbocycles. The first-order chi connectivity index (χ1) is 7.24. The van der Waals surface area contributed by atoms with E-state index in [2.05, 4.69) is 0 Å². The van der Waals surface area contributed by atoms with Crippen molar-refractivity contribution in [2.75, 3.05) is 6.79 Å². The van der Waals surface area contributed by atoms with Crippen molar-refractivity contribution in [1.29, 1.82) is 0 Å². The molecule has 0 fully saturated rings. The van der Waals surface area contributed by atoms with Gasteiger partial charge in [0.2, 0.25) is 6.79 Å². The molecule has 15 heavy (non-hydrogen) atoms. The van der Waals surface area contributed by atoms with Crippen molar-refractivity contribution in [3.8, 4) is 11.5 Å². The molecule has 0 saturated heterocycles. The molecule has 80 valence electrons. The van der Waals surface area contributed by atoms with Gasteiger partial charge in [0.15, 0.2) is 11.5 Å². The molecule has 1 unspecified atom stereocenters. The van der Waals surface area contributed by atoms with Gasteiger partial charge in [0.1, 0.15) is 6.29 Å². The third-order valence-electron chi connectivity index (χ3n) is 2.49. The Hall–Kier alpha value is -1.22. The van der Waals surface area contributed by atoms with Crippen LogP contribution in [0.2, 0.25) is 5.02 Å². The fourth-order valence-electron chi connectivity index (χ4n) is 1.61. The minimum absolute atomic E-state index is 0.101. The number of halogens is 1. The van der Waals surface area contributed by atoms with Gasteiger partial charge in [0.05, 0.1) is 5.02 Å². The van der Waals surface area contributed by atoms with Crippen LogP contribution in [0.25, 0.3) is 0 Å². The lowest BCUT2D eigenvalue weighted by molar-refractivity contribution is -0.108. The second-order valence-corrected chi connectivity index (χ2v) is 3.88. The van der Waals surface area contributed by atoms with E-state index in [9.17, 15) is 4.79 Å². The summed E-state index contributed by atoms with van der Waals surface area (Å²) in [5.74, 6) is 1.36. The zero-order valence-electron chi connectivity index (χ0n) is 8.33. The average Bonchev–Trinajstić information content (AvgIpc) is 2.67. The third-order valence-corrected chi connectivity index (χ3v) is 2.88. The Morgan fingerprint density at radius 3 is 3.07 bits per heavy atom.